The van der Waals surface area contributed by atoms with Crippen LogP contribution in [0.2, 0.25) is 0 Å². The first-order valence-corrected chi connectivity index (χ1v) is 32.2. The maximum Gasteiger partial charge on any atom is 0.0719 e. The molecule has 15 aromatic carbocycles. The van der Waals surface area contributed by atoms with Crippen LogP contribution in [0.15, 0.2) is 364 Å². The molecule has 0 atom stereocenters. The minimum Gasteiger partial charge on any atom is -0.309 e. The fraction of sp³-hybridized carbons (Fsp3) is 0.0110. The molecule has 434 valence electrons. The number of hydrogen-bond acceptors (Lipinski definition) is 0. The molecule has 2 nitrogen and oxygen atoms in total. The predicted octanol–water partition coefficient (Wildman–Crippen LogP) is 23.9. The Morgan fingerprint density at radius 1 is 0.172 bits per heavy atom. The normalized spacial score (nSPS) is 12.4. The molecule has 0 spiro atoms. The van der Waals surface area contributed by atoms with Crippen molar-refractivity contribution >= 4 is 43.6 Å². The first-order valence-electron chi connectivity index (χ1n) is 32.2. The third-order valence-electron chi connectivity index (χ3n) is 19.7. The molecule has 0 amide bonds. The van der Waals surface area contributed by atoms with Crippen LogP contribution in [0.5, 0.6) is 0 Å². The summed E-state index contributed by atoms with van der Waals surface area (Å²) in [6, 6.07) is 135. The molecule has 2 heterocycles. The first kappa shape index (κ1) is 53.9. The van der Waals surface area contributed by atoms with Crippen molar-refractivity contribution in [2.24, 2.45) is 0 Å². The van der Waals surface area contributed by atoms with Crippen LogP contribution >= 0.6 is 0 Å². The van der Waals surface area contributed by atoms with E-state index in [1.165, 1.54) is 155 Å². The van der Waals surface area contributed by atoms with E-state index in [2.05, 4.69) is 373 Å². The molecule has 0 fully saturated rings. The number of hydrogen-bond donors (Lipinski definition) is 0. The summed E-state index contributed by atoms with van der Waals surface area (Å²) in [4.78, 5) is 0. The zero-order chi connectivity index (χ0) is 61.4. The fourth-order valence-corrected chi connectivity index (χ4v) is 15.3. The summed E-state index contributed by atoms with van der Waals surface area (Å²) in [5.74, 6) is 0. The summed E-state index contributed by atoms with van der Waals surface area (Å²) in [6.45, 7) is 0. The van der Waals surface area contributed by atoms with Crippen molar-refractivity contribution in [2.75, 3.05) is 0 Å². The Balaban J connectivity index is 0.629. The fourth-order valence-electron chi connectivity index (χ4n) is 15.3. The lowest BCUT2D eigenvalue weighted by atomic mass is 9.65. The Kier molecular flexibility index (Phi) is 12.8. The Morgan fingerprint density at radius 3 is 1.01 bits per heavy atom. The Morgan fingerprint density at radius 2 is 0.495 bits per heavy atom. The van der Waals surface area contributed by atoms with Gasteiger partial charge in [-0.2, -0.15) is 0 Å². The molecular formula is C91H60N2. The van der Waals surface area contributed by atoms with Crippen LogP contribution in [0.3, 0.4) is 0 Å². The van der Waals surface area contributed by atoms with Gasteiger partial charge < -0.3 is 9.13 Å². The molecule has 1 aliphatic carbocycles. The largest absolute Gasteiger partial charge is 0.309 e. The molecule has 0 N–H and O–H groups in total. The molecular weight excluding hydrogens is 1120 g/mol. The van der Waals surface area contributed by atoms with Gasteiger partial charge in [-0.25, -0.2) is 0 Å². The van der Waals surface area contributed by atoms with Gasteiger partial charge in [-0.1, -0.05) is 297 Å². The summed E-state index contributed by atoms with van der Waals surface area (Å²) in [5, 5.41) is 4.96. The summed E-state index contributed by atoms with van der Waals surface area (Å²) >= 11 is 0. The number of rotatable bonds is 11. The van der Waals surface area contributed by atoms with Gasteiger partial charge in [0.15, 0.2) is 0 Å². The maximum absolute atomic E-state index is 2.44. The van der Waals surface area contributed by atoms with E-state index >= 15 is 0 Å². The summed E-state index contributed by atoms with van der Waals surface area (Å²) < 4.78 is 4.83. The number of aromatic nitrogens is 2. The van der Waals surface area contributed by atoms with Crippen LogP contribution in [-0.4, -0.2) is 9.13 Å². The van der Waals surface area contributed by atoms with Crippen LogP contribution in [0, 0.1) is 0 Å². The van der Waals surface area contributed by atoms with Gasteiger partial charge in [-0.3, -0.25) is 0 Å². The summed E-state index contributed by atoms with van der Waals surface area (Å²) in [6.07, 6.45) is 0. The molecule has 17 aromatic rings. The molecule has 2 aromatic heterocycles. The number of benzene rings is 15. The maximum atomic E-state index is 2.44. The zero-order valence-corrected chi connectivity index (χ0v) is 51.0. The van der Waals surface area contributed by atoms with Gasteiger partial charge in [-0.05, 0) is 178 Å². The number of fused-ring (bicyclic) bond motifs is 9. The third kappa shape index (κ3) is 8.94. The van der Waals surface area contributed by atoms with E-state index in [0.29, 0.717) is 0 Å². The molecule has 0 saturated heterocycles. The predicted molar refractivity (Wildman–Crippen MR) is 390 cm³/mol. The lowest BCUT2D eigenvalue weighted by Gasteiger charge is -2.36. The van der Waals surface area contributed by atoms with Crippen LogP contribution in [0.1, 0.15) is 22.3 Å². The van der Waals surface area contributed by atoms with Crippen molar-refractivity contribution in [3.63, 3.8) is 0 Å². The topological polar surface area (TPSA) is 9.86 Å². The van der Waals surface area contributed by atoms with E-state index in [0.717, 1.165) is 11.4 Å². The minimum atomic E-state index is -0.572. The standard InChI is InChI=1S/C91H60N2/c1-3-19-61(20-4-1)63-45-47-69(48-46-63)77-27-7-12-32-84(77)91(85-33-13-8-28-78(85)79-29-9-14-34-86(79)91)74-25-17-23-70(57-74)68-43-41-65(42-44-68)64-37-39-66(40-38-64)67-49-53-75(54-50-67)92-87-35-15-10-30-80(87)82-59-72(51-55-89(82)92)73-52-56-90-83(60-73)81-31-11-16-36-88(81)93(90)76-26-18-24-71(58-76)62-21-5-2-6-22-62/h1-60H. The molecule has 93 heavy (non-hydrogen) atoms. The smallest absolute Gasteiger partial charge is 0.0719 e. The number of nitrogens with zero attached hydrogens (tertiary/aromatic N) is 2. The molecule has 0 aliphatic heterocycles. The quantitative estimate of drug-likeness (QED) is 0.122. The Labute approximate surface area is 541 Å². The van der Waals surface area contributed by atoms with Crippen LogP contribution in [-0.2, 0) is 5.41 Å². The molecule has 2 heteroatoms. The van der Waals surface area contributed by atoms with Gasteiger partial charge in [-0.15, -0.1) is 0 Å². The van der Waals surface area contributed by atoms with Gasteiger partial charge in [0.1, 0.15) is 0 Å². The van der Waals surface area contributed by atoms with Crippen molar-refractivity contribution in [3.8, 4) is 100 Å². The van der Waals surface area contributed by atoms with E-state index in [1.54, 1.807) is 0 Å². The first-order chi connectivity index (χ1) is 46.1. The minimum absolute atomic E-state index is 0.572. The molecule has 0 saturated carbocycles. The van der Waals surface area contributed by atoms with Crippen LogP contribution in [0.25, 0.3) is 144 Å². The van der Waals surface area contributed by atoms with Gasteiger partial charge >= 0.3 is 0 Å². The van der Waals surface area contributed by atoms with E-state index in [-0.39, 0.29) is 0 Å². The van der Waals surface area contributed by atoms with Crippen molar-refractivity contribution in [2.45, 2.75) is 5.41 Å². The lowest BCUT2D eigenvalue weighted by molar-refractivity contribution is 0.771. The van der Waals surface area contributed by atoms with Crippen molar-refractivity contribution < 1.29 is 0 Å². The van der Waals surface area contributed by atoms with Crippen LogP contribution in [0.4, 0.5) is 0 Å². The van der Waals surface area contributed by atoms with Crippen molar-refractivity contribution in [3.05, 3.63) is 386 Å². The van der Waals surface area contributed by atoms with E-state index in [1.807, 2.05) is 0 Å². The second-order valence-electron chi connectivity index (χ2n) is 24.7. The third-order valence-corrected chi connectivity index (χ3v) is 19.7. The van der Waals surface area contributed by atoms with Gasteiger partial charge in [0.25, 0.3) is 0 Å². The summed E-state index contributed by atoms with van der Waals surface area (Å²) in [7, 11) is 0. The molecule has 18 rings (SSSR count). The number of para-hydroxylation sites is 2. The molecule has 1 aliphatic rings. The molecule has 0 unspecified atom stereocenters. The van der Waals surface area contributed by atoms with Gasteiger partial charge in [0.2, 0.25) is 0 Å². The van der Waals surface area contributed by atoms with E-state index < -0.39 is 5.41 Å². The van der Waals surface area contributed by atoms with E-state index in [9.17, 15) is 0 Å². The highest BCUT2D eigenvalue weighted by Gasteiger charge is 2.47. The SMILES string of the molecule is c1ccc(-c2ccc(-c3ccccc3C3(c4cccc(-c5ccc(-c6ccc(-c7ccc(-n8c9ccccc9c9cc(-c%10ccc%11c(c%10)c%10ccccc%10n%11-c%10cccc(-c%11ccccc%11)c%10)ccc98)cc7)cc6)cc5)c4)c4ccccc4-c4ccccc43)cc2)cc1. The van der Waals surface area contributed by atoms with Gasteiger partial charge in [0, 0.05) is 32.9 Å². The second-order valence-corrected chi connectivity index (χ2v) is 24.7. The van der Waals surface area contributed by atoms with Gasteiger partial charge in [0.05, 0.1) is 27.5 Å². The summed E-state index contributed by atoms with van der Waals surface area (Å²) in [5.41, 5.74) is 30.9. The monoisotopic (exact) mass is 1180 g/mol. The van der Waals surface area contributed by atoms with Crippen molar-refractivity contribution in [1.29, 1.82) is 0 Å². The molecule has 0 radical (unpaired) electrons. The average Bonchev–Trinajstić information content (AvgIpc) is 1.59. The van der Waals surface area contributed by atoms with Crippen LogP contribution < -0.4 is 0 Å². The average molecular weight is 1180 g/mol. The highest BCUT2D eigenvalue weighted by molar-refractivity contribution is 6.13. The highest BCUT2D eigenvalue weighted by atomic mass is 15.0. The zero-order valence-electron chi connectivity index (χ0n) is 51.0. The van der Waals surface area contributed by atoms with E-state index in [4.69, 9.17) is 0 Å². The Bertz CT molecular complexity index is 5650. The Hall–Kier alpha value is -12.1. The second kappa shape index (κ2) is 22.1. The van der Waals surface area contributed by atoms with Crippen molar-refractivity contribution in [1.82, 2.24) is 9.13 Å². The lowest BCUT2D eigenvalue weighted by Crippen LogP contribution is -2.29. The highest BCUT2D eigenvalue weighted by Crippen LogP contribution is 2.58. The molecule has 0 bridgehead atoms.